The Hall–Kier alpha value is -3.82. The van der Waals surface area contributed by atoms with Crippen molar-refractivity contribution < 1.29 is 41.8 Å². The van der Waals surface area contributed by atoms with E-state index in [0.29, 0.717) is 35.3 Å². The maximum absolute atomic E-state index is 13.6. The van der Waals surface area contributed by atoms with Gasteiger partial charge in [-0.2, -0.15) is 13.2 Å². The van der Waals surface area contributed by atoms with Crippen LogP contribution in [0.25, 0.3) is 5.57 Å². The molecule has 2 aromatic rings. The van der Waals surface area contributed by atoms with Crippen LogP contribution in [0.5, 0.6) is 5.75 Å². The Morgan fingerprint density at radius 3 is 2.41 bits per heavy atom. The molecule has 0 radical (unpaired) electrons. The second-order valence-electron chi connectivity index (χ2n) is 13.6. The van der Waals surface area contributed by atoms with Crippen molar-refractivity contribution in [1.82, 2.24) is 4.90 Å². The van der Waals surface area contributed by atoms with Gasteiger partial charge in [-0.15, -0.1) is 0 Å². The molecule has 0 saturated carbocycles. The Balaban J connectivity index is 1.71. The molecule has 4 rings (SSSR count). The van der Waals surface area contributed by atoms with Gasteiger partial charge in [-0.1, -0.05) is 39.3 Å². The molecule has 46 heavy (non-hydrogen) atoms. The van der Waals surface area contributed by atoms with E-state index in [1.807, 2.05) is 13.8 Å². The SMILES string of the molecule is COC(=O)[C@H](CC(=O)c1ccc(OC)c(C2=C(CN3C(=O)O[C@H](c4cc(C)cc(C(F)(F)F)c4)[C@@H]3C)CC(C)(C)CC2)c1)C(C)C. The van der Waals surface area contributed by atoms with Gasteiger partial charge < -0.3 is 14.2 Å². The van der Waals surface area contributed by atoms with Crippen LogP contribution >= 0.6 is 0 Å². The number of cyclic esters (lactones) is 1. The molecule has 7 nitrogen and oxygen atoms in total. The van der Waals surface area contributed by atoms with E-state index in [2.05, 4.69) is 13.8 Å². The zero-order valence-electron chi connectivity index (χ0n) is 27.8. The second-order valence-corrected chi connectivity index (χ2v) is 13.6. The number of halogens is 3. The van der Waals surface area contributed by atoms with Crippen LogP contribution < -0.4 is 4.74 Å². The third-order valence-corrected chi connectivity index (χ3v) is 9.24. The highest BCUT2D eigenvalue weighted by Gasteiger charge is 2.42. The van der Waals surface area contributed by atoms with Crippen LogP contribution in [0.2, 0.25) is 0 Å². The van der Waals surface area contributed by atoms with Crippen LogP contribution in [0.4, 0.5) is 18.0 Å². The fourth-order valence-electron chi connectivity index (χ4n) is 6.57. The summed E-state index contributed by atoms with van der Waals surface area (Å²) in [6, 6.07) is 8.45. The van der Waals surface area contributed by atoms with Crippen LogP contribution in [-0.2, 0) is 20.4 Å². The van der Waals surface area contributed by atoms with Crippen LogP contribution in [0, 0.1) is 24.2 Å². The van der Waals surface area contributed by atoms with Crippen molar-refractivity contribution in [2.45, 2.75) is 85.5 Å². The number of ether oxygens (including phenoxy) is 3. The van der Waals surface area contributed by atoms with Crippen molar-refractivity contribution >= 4 is 23.4 Å². The quantitative estimate of drug-likeness (QED) is 0.191. The lowest BCUT2D eigenvalue weighted by Gasteiger charge is -2.36. The second kappa shape index (κ2) is 13.5. The van der Waals surface area contributed by atoms with Crippen molar-refractivity contribution in [1.29, 1.82) is 0 Å². The predicted molar refractivity (Wildman–Crippen MR) is 168 cm³/mol. The number of benzene rings is 2. The lowest BCUT2D eigenvalue weighted by Crippen LogP contribution is -2.35. The molecule has 1 amide bonds. The van der Waals surface area contributed by atoms with E-state index in [0.717, 1.165) is 35.3 Å². The summed E-state index contributed by atoms with van der Waals surface area (Å²) in [6.07, 6.45) is -3.80. The largest absolute Gasteiger partial charge is 0.496 e. The van der Waals surface area contributed by atoms with Crippen LogP contribution in [-0.4, -0.2) is 49.6 Å². The average molecular weight is 644 g/mol. The fraction of sp³-hybridized carbons (Fsp3) is 0.528. The maximum atomic E-state index is 13.6. The standard InChI is InChI=1S/C36H44F3NO6/c1-20(2)28(33(42)45-8)17-30(41)23-9-10-31(44-7)29(16-23)27-11-12-35(5,6)18-25(27)19-40-22(4)32(46-34(40)43)24-13-21(3)14-26(15-24)36(37,38)39/h9-10,13-16,20,22,28,32H,11-12,17-19H2,1-8H3/t22-,28+,32-/m0/s1. The van der Waals surface area contributed by atoms with Gasteiger partial charge in [0.1, 0.15) is 11.9 Å². The Morgan fingerprint density at radius 2 is 1.80 bits per heavy atom. The van der Waals surface area contributed by atoms with Gasteiger partial charge in [0.05, 0.1) is 31.7 Å². The van der Waals surface area contributed by atoms with Gasteiger partial charge in [-0.3, -0.25) is 14.5 Å². The number of carbonyl (C=O) groups is 3. The van der Waals surface area contributed by atoms with Crippen molar-refractivity contribution in [3.8, 4) is 5.75 Å². The number of ketones is 1. The number of carbonyl (C=O) groups excluding carboxylic acids is 3. The molecule has 1 aliphatic heterocycles. The van der Waals surface area contributed by atoms with E-state index in [1.165, 1.54) is 7.11 Å². The number of aryl methyl sites for hydroxylation is 1. The molecule has 1 heterocycles. The third-order valence-electron chi connectivity index (χ3n) is 9.24. The van der Waals surface area contributed by atoms with E-state index < -0.39 is 41.9 Å². The van der Waals surface area contributed by atoms with Crippen LogP contribution in [0.15, 0.2) is 42.0 Å². The molecule has 2 aromatic carbocycles. The molecule has 0 unspecified atom stereocenters. The van der Waals surface area contributed by atoms with Crippen LogP contribution in [0.1, 0.15) is 99.0 Å². The molecular formula is C36H44F3NO6. The fourth-order valence-corrected chi connectivity index (χ4v) is 6.57. The zero-order valence-corrected chi connectivity index (χ0v) is 27.8. The molecular weight excluding hydrogens is 599 g/mol. The molecule has 2 aliphatic rings. The summed E-state index contributed by atoms with van der Waals surface area (Å²) in [5.41, 5.74) is 2.98. The van der Waals surface area contributed by atoms with Crippen molar-refractivity contribution in [3.63, 3.8) is 0 Å². The first-order chi connectivity index (χ1) is 21.4. The lowest BCUT2D eigenvalue weighted by molar-refractivity contribution is -0.147. The number of amides is 1. The zero-order chi connectivity index (χ0) is 34.1. The summed E-state index contributed by atoms with van der Waals surface area (Å²) in [5.74, 6) is -0.713. The van der Waals surface area contributed by atoms with E-state index in [9.17, 15) is 27.6 Å². The Morgan fingerprint density at radius 1 is 1.11 bits per heavy atom. The van der Waals surface area contributed by atoms with Gasteiger partial charge in [-0.25, -0.2) is 4.79 Å². The van der Waals surface area contributed by atoms with Gasteiger partial charge in [0.15, 0.2) is 5.78 Å². The van der Waals surface area contributed by atoms with Gasteiger partial charge in [0.2, 0.25) is 0 Å². The first-order valence-corrected chi connectivity index (χ1v) is 15.6. The minimum absolute atomic E-state index is 0.00256. The molecule has 1 fully saturated rings. The molecule has 0 N–H and O–H groups in total. The molecule has 0 aromatic heterocycles. The van der Waals surface area contributed by atoms with E-state index in [-0.39, 0.29) is 30.1 Å². The minimum atomic E-state index is -4.52. The minimum Gasteiger partial charge on any atom is -0.496 e. The van der Waals surface area contributed by atoms with E-state index >= 15 is 0 Å². The molecule has 1 aliphatic carbocycles. The lowest BCUT2D eigenvalue weighted by atomic mass is 9.72. The number of methoxy groups -OCH3 is 2. The predicted octanol–water partition coefficient (Wildman–Crippen LogP) is 8.59. The van der Waals surface area contributed by atoms with Gasteiger partial charge in [-0.05, 0) is 91.5 Å². The molecule has 10 heteroatoms. The Labute approximate surface area is 269 Å². The summed E-state index contributed by atoms with van der Waals surface area (Å²) >= 11 is 0. The smallest absolute Gasteiger partial charge is 0.416 e. The molecule has 0 spiro atoms. The first kappa shape index (κ1) is 35.0. The average Bonchev–Trinajstić information content (AvgIpc) is 3.26. The number of alkyl halides is 3. The first-order valence-electron chi connectivity index (χ1n) is 15.6. The van der Waals surface area contributed by atoms with Gasteiger partial charge in [0, 0.05) is 24.1 Å². The third kappa shape index (κ3) is 7.58. The molecule has 3 atom stereocenters. The number of hydrogen-bond donors (Lipinski definition) is 0. The Kier molecular flexibility index (Phi) is 10.3. The van der Waals surface area contributed by atoms with Gasteiger partial charge in [0.25, 0.3) is 0 Å². The number of rotatable bonds is 10. The number of Topliss-reactive ketones (excluding diaryl/α,β-unsaturated/α-hetero) is 1. The molecule has 1 saturated heterocycles. The summed E-state index contributed by atoms with van der Waals surface area (Å²) in [4.78, 5) is 40.6. The monoisotopic (exact) mass is 643 g/mol. The highest BCUT2D eigenvalue weighted by atomic mass is 19.4. The normalized spacial score (nSPS) is 20.5. The molecule has 0 bridgehead atoms. The summed E-state index contributed by atoms with van der Waals surface area (Å²) in [5, 5.41) is 0. The number of allylic oxidation sites excluding steroid dienone is 1. The number of esters is 1. The highest BCUT2D eigenvalue weighted by Crippen LogP contribution is 2.46. The van der Waals surface area contributed by atoms with Gasteiger partial charge >= 0.3 is 18.2 Å². The van der Waals surface area contributed by atoms with Crippen molar-refractivity contribution in [2.75, 3.05) is 20.8 Å². The van der Waals surface area contributed by atoms with E-state index in [4.69, 9.17) is 14.2 Å². The number of hydrogen-bond acceptors (Lipinski definition) is 6. The summed E-state index contributed by atoms with van der Waals surface area (Å²) in [6.45, 7) is 11.6. The summed E-state index contributed by atoms with van der Waals surface area (Å²) < 4.78 is 57.1. The van der Waals surface area contributed by atoms with Crippen molar-refractivity contribution in [2.24, 2.45) is 17.3 Å². The summed E-state index contributed by atoms with van der Waals surface area (Å²) in [7, 11) is 2.87. The topological polar surface area (TPSA) is 82.1 Å². The van der Waals surface area contributed by atoms with Crippen LogP contribution in [0.3, 0.4) is 0 Å². The maximum Gasteiger partial charge on any atom is 0.416 e. The molecule has 250 valence electrons. The Bertz CT molecular complexity index is 1530. The highest BCUT2D eigenvalue weighted by molar-refractivity contribution is 5.99. The van der Waals surface area contributed by atoms with E-state index in [1.54, 1.807) is 50.1 Å². The number of nitrogens with zero attached hydrogens (tertiary/aromatic N) is 1. The van der Waals surface area contributed by atoms with Crippen molar-refractivity contribution in [3.05, 3.63) is 69.8 Å².